The van der Waals surface area contributed by atoms with Gasteiger partial charge >= 0.3 is 0 Å². The Kier molecular flexibility index (Phi) is 8.75. The predicted octanol–water partition coefficient (Wildman–Crippen LogP) is 5.03. The van der Waals surface area contributed by atoms with Crippen LogP contribution < -0.4 is 9.47 Å². The van der Waals surface area contributed by atoms with E-state index >= 15 is 0 Å². The van der Waals surface area contributed by atoms with Crippen LogP contribution in [0.15, 0.2) is 54.1 Å². The molecule has 1 saturated carbocycles. The Hall–Kier alpha value is -2.34. The number of benzene rings is 2. The van der Waals surface area contributed by atoms with Gasteiger partial charge in [-0.2, -0.15) is 0 Å². The van der Waals surface area contributed by atoms with Gasteiger partial charge in [-0.05, 0) is 79.0 Å². The molecule has 162 valence electrons. The maximum absolute atomic E-state index is 9.27. The fourth-order valence-electron chi connectivity index (χ4n) is 4.01. The summed E-state index contributed by atoms with van der Waals surface area (Å²) < 4.78 is 21.1. The zero-order valence-corrected chi connectivity index (χ0v) is 17.9. The number of ether oxygens (including phenoxy) is 4. The van der Waals surface area contributed by atoms with E-state index in [1.807, 2.05) is 24.3 Å². The van der Waals surface area contributed by atoms with Crippen LogP contribution in [0.3, 0.4) is 0 Å². The Morgan fingerprint density at radius 2 is 1.27 bits per heavy atom. The molecule has 1 N–H and O–H groups in total. The van der Waals surface area contributed by atoms with Gasteiger partial charge in [0.2, 0.25) is 0 Å². The normalized spacial score (nSPS) is 16.4. The van der Waals surface area contributed by atoms with Crippen molar-refractivity contribution < 1.29 is 24.1 Å². The highest BCUT2D eigenvalue weighted by Gasteiger charge is 2.20. The molecule has 0 heterocycles. The van der Waals surface area contributed by atoms with Crippen molar-refractivity contribution in [3.05, 3.63) is 65.2 Å². The monoisotopic (exact) mass is 412 g/mol. The van der Waals surface area contributed by atoms with E-state index in [9.17, 15) is 5.11 Å². The molecule has 0 spiro atoms. The van der Waals surface area contributed by atoms with Gasteiger partial charge in [-0.25, -0.2) is 0 Å². The summed E-state index contributed by atoms with van der Waals surface area (Å²) in [5.41, 5.74) is 5.12. The maximum Gasteiger partial charge on any atom is 0.188 e. The SMILES string of the molecule is COCOc1ccc(C(=C2CCC(CCO)CC2)c2ccc(OCOC)cc2)cc1. The first kappa shape index (κ1) is 22.3. The van der Waals surface area contributed by atoms with Crippen LogP contribution >= 0.6 is 0 Å². The van der Waals surface area contributed by atoms with E-state index in [1.54, 1.807) is 14.2 Å². The predicted molar refractivity (Wildman–Crippen MR) is 118 cm³/mol. The molecule has 1 aliphatic carbocycles. The lowest BCUT2D eigenvalue weighted by molar-refractivity contribution is 0.0509. The van der Waals surface area contributed by atoms with Crippen LogP contribution in [-0.4, -0.2) is 39.5 Å². The quantitative estimate of drug-likeness (QED) is 0.555. The minimum Gasteiger partial charge on any atom is -0.468 e. The van der Waals surface area contributed by atoms with Crippen molar-refractivity contribution in [2.75, 3.05) is 34.4 Å². The van der Waals surface area contributed by atoms with Crippen LogP contribution in [0.4, 0.5) is 0 Å². The number of allylic oxidation sites excluding steroid dienone is 1. The maximum atomic E-state index is 9.27. The number of aliphatic hydroxyl groups excluding tert-OH is 1. The lowest BCUT2D eigenvalue weighted by Crippen LogP contribution is -2.11. The standard InChI is InChI=1S/C25H32O5/c1-27-17-29-23-11-7-21(8-12-23)25(20-5-3-19(4-6-20)15-16-26)22-9-13-24(14-10-22)30-18-28-2/h7-14,19,26H,3-6,15-18H2,1-2H3. The number of hydrogen-bond donors (Lipinski definition) is 1. The van der Waals surface area contributed by atoms with Crippen LogP contribution in [0.1, 0.15) is 43.2 Å². The average molecular weight is 413 g/mol. The summed E-state index contributed by atoms with van der Waals surface area (Å²) in [6.45, 7) is 0.757. The van der Waals surface area contributed by atoms with Gasteiger partial charge in [-0.3, -0.25) is 0 Å². The van der Waals surface area contributed by atoms with Gasteiger partial charge in [0.15, 0.2) is 13.6 Å². The molecule has 0 radical (unpaired) electrons. The number of aliphatic hydroxyl groups is 1. The summed E-state index contributed by atoms with van der Waals surface area (Å²) in [5.74, 6) is 2.20. The van der Waals surface area contributed by atoms with Gasteiger partial charge in [0.25, 0.3) is 0 Å². The largest absolute Gasteiger partial charge is 0.468 e. The molecular weight excluding hydrogens is 380 g/mol. The minimum absolute atomic E-state index is 0.239. The van der Waals surface area contributed by atoms with E-state index in [4.69, 9.17) is 18.9 Å². The van der Waals surface area contributed by atoms with Gasteiger partial charge in [0.05, 0.1) is 0 Å². The average Bonchev–Trinajstić information content (AvgIpc) is 2.79. The molecule has 0 bridgehead atoms. The molecule has 0 aliphatic heterocycles. The molecule has 0 amide bonds. The first-order valence-corrected chi connectivity index (χ1v) is 10.5. The summed E-state index contributed by atoms with van der Waals surface area (Å²) in [6, 6.07) is 16.4. The van der Waals surface area contributed by atoms with Crippen molar-refractivity contribution in [2.45, 2.75) is 32.1 Å². The molecule has 0 aromatic heterocycles. The molecule has 2 aromatic carbocycles. The Labute approximate surface area is 179 Å². The second-order valence-corrected chi connectivity index (χ2v) is 7.58. The van der Waals surface area contributed by atoms with E-state index in [0.29, 0.717) is 5.92 Å². The van der Waals surface area contributed by atoms with Gasteiger partial charge in [-0.1, -0.05) is 29.8 Å². The van der Waals surface area contributed by atoms with E-state index in [2.05, 4.69) is 24.3 Å². The third-order valence-corrected chi connectivity index (χ3v) is 5.57. The molecule has 0 unspecified atom stereocenters. The van der Waals surface area contributed by atoms with Gasteiger partial charge in [-0.15, -0.1) is 0 Å². The molecule has 5 nitrogen and oxygen atoms in total. The second kappa shape index (κ2) is 11.7. The fourth-order valence-corrected chi connectivity index (χ4v) is 4.01. The fraction of sp³-hybridized carbons (Fsp3) is 0.440. The van der Waals surface area contributed by atoms with Crippen LogP contribution in [0.2, 0.25) is 0 Å². The lowest BCUT2D eigenvalue weighted by atomic mass is 9.79. The molecule has 2 aromatic rings. The molecular formula is C25H32O5. The van der Waals surface area contributed by atoms with Crippen LogP contribution in [0, 0.1) is 5.92 Å². The molecule has 1 aliphatic rings. The molecule has 0 saturated heterocycles. The smallest absolute Gasteiger partial charge is 0.188 e. The van der Waals surface area contributed by atoms with E-state index in [1.165, 1.54) is 22.3 Å². The highest BCUT2D eigenvalue weighted by atomic mass is 16.7. The first-order valence-electron chi connectivity index (χ1n) is 10.5. The third-order valence-electron chi connectivity index (χ3n) is 5.57. The Bertz CT molecular complexity index is 732. The van der Waals surface area contributed by atoms with E-state index in [0.717, 1.165) is 43.6 Å². The number of rotatable bonds is 10. The summed E-state index contributed by atoms with van der Waals surface area (Å²) in [5, 5.41) is 9.27. The summed E-state index contributed by atoms with van der Waals surface area (Å²) in [4.78, 5) is 0. The van der Waals surface area contributed by atoms with Crippen molar-refractivity contribution in [1.29, 1.82) is 0 Å². The molecule has 1 fully saturated rings. The topological polar surface area (TPSA) is 57.2 Å². The number of methoxy groups -OCH3 is 2. The third kappa shape index (κ3) is 6.08. The minimum atomic E-state index is 0.239. The van der Waals surface area contributed by atoms with Crippen molar-refractivity contribution in [3.63, 3.8) is 0 Å². The lowest BCUT2D eigenvalue weighted by Gasteiger charge is -2.26. The van der Waals surface area contributed by atoms with Crippen LogP contribution in [-0.2, 0) is 9.47 Å². The highest BCUT2D eigenvalue weighted by molar-refractivity contribution is 5.82. The molecule has 5 heteroatoms. The van der Waals surface area contributed by atoms with Crippen LogP contribution in [0.25, 0.3) is 5.57 Å². The molecule has 3 rings (SSSR count). The summed E-state index contributed by atoms with van der Waals surface area (Å²) >= 11 is 0. The van der Waals surface area contributed by atoms with Gasteiger partial charge in [0.1, 0.15) is 11.5 Å². The van der Waals surface area contributed by atoms with Crippen molar-refractivity contribution in [3.8, 4) is 11.5 Å². The van der Waals surface area contributed by atoms with Crippen molar-refractivity contribution in [2.24, 2.45) is 5.92 Å². The van der Waals surface area contributed by atoms with E-state index < -0.39 is 0 Å². The summed E-state index contributed by atoms with van der Waals surface area (Å²) in [6.07, 6.45) is 5.28. The van der Waals surface area contributed by atoms with Crippen molar-refractivity contribution >= 4 is 5.57 Å². The van der Waals surface area contributed by atoms with Crippen LogP contribution in [0.5, 0.6) is 11.5 Å². The Morgan fingerprint density at radius 1 is 0.800 bits per heavy atom. The van der Waals surface area contributed by atoms with E-state index in [-0.39, 0.29) is 20.2 Å². The zero-order valence-electron chi connectivity index (χ0n) is 17.9. The zero-order chi connectivity index (χ0) is 21.2. The second-order valence-electron chi connectivity index (χ2n) is 7.58. The molecule has 30 heavy (non-hydrogen) atoms. The first-order chi connectivity index (χ1) is 14.7. The summed E-state index contributed by atoms with van der Waals surface area (Å²) in [7, 11) is 3.23. The highest BCUT2D eigenvalue weighted by Crippen LogP contribution is 2.38. The number of hydrogen-bond acceptors (Lipinski definition) is 5. The Morgan fingerprint density at radius 3 is 1.67 bits per heavy atom. The van der Waals surface area contributed by atoms with Crippen molar-refractivity contribution in [1.82, 2.24) is 0 Å². The van der Waals surface area contributed by atoms with Gasteiger partial charge < -0.3 is 24.1 Å². The van der Waals surface area contributed by atoms with Gasteiger partial charge in [0, 0.05) is 20.8 Å². The molecule has 0 atom stereocenters. The Balaban J connectivity index is 1.88.